The fraction of sp³-hybridized carbons (Fsp3) is 0. The van der Waals surface area contributed by atoms with Gasteiger partial charge in [-0.05, 0) is 12.1 Å². The molecule has 21 heavy (non-hydrogen) atoms. The second kappa shape index (κ2) is 5.24. The van der Waals surface area contributed by atoms with Gasteiger partial charge in [0.15, 0.2) is 4.90 Å². The first kappa shape index (κ1) is 15.1. The van der Waals surface area contributed by atoms with Crippen molar-refractivity contribution in [3.8, 4) is 0 Å². The second-order valence-electron chi connectivity index (χ2n) is 4.01. The molecule has 0 unspecified atom stereocenters. The molecule has 0 aliphatic rings. The lowest BCUT2D eigenvalue weighted by atomic mass is 10.3. The maximum atomic E-state index is 13.5. The van der Waals surface area contributed by atoms with Crippen LogP contribution in [0, 0.1) is 23.3 Å². The lowest BCUT2D eigenvalue weighted by molar-refractivity contribution is 0.498. The minimum atomic E-state index is -4.82. The first-order chi connectivity index (χ1) is 9.72. The Balaban J connectivity index is 2.54. The molecule has 0 fully saturated rings. The average molecular weight is 320 g/mol. The molecule has 0 radical (unpaired) electrons. The molecule has 0 bridgehead atoms. The second-order valence-corrected chi connectivity index (χ2v) is 5.63. The van der Waals surface area contributed by atoms with E-state index < -0.39 is 43.9 Å². The molecule has 112 valence electrons. The van der Waals surface area contributed by atoms with Crippen LogP contribution in [0.4, 0.5) is 28.9 Å². The molecule has 0 atom stereocenters. The quantitative estimate of drug-likeness (QED) is 0.674. The highest BCUT2D eigenvalue weighted by atomic mass is 32.2. The van der Waals surface area contributed by atoms with Gasteiger partial charge in [-0.25, -0.2) is 26.0 Å². The topological polar surface area (TPSA) is 72.2 Å². The highest BCUT2D eigenvalue weighted by Crippen LogP contribution is 2.27. The summed E-state index contributed by atoms with van der Waals surface area (Å²) in [4.78, 5) is -1.42. The molecular formula is C12H8F4N2O2S. The van der Waals surface area contributed by atoms with Crippen molar-refractivity contribution >= 4 is 21.4 Å². The van der Waals surface area contributed by atoms with Crippen LogP contribution in [0.2, 0.25) is 0 Å². The fourth-order valence-electron chi connectivity index (χ4n) is 1.62. The molecular weight excluding hydrogens is 312 g/mol. The highest BCUT2D eigenvalue weighted by Gasteiger charge is 2.26. The van der Waals surface area contributed by atoms with Crippen molar-refractivity contribution in [2.45, 2.75) is 4.90 Å². The zero-order valence-electron chi connectivity index (χ0n) is 10.2. The zero-order valence-corrected chi connectivity index (χ0v) is 11.0. The summed E-state index contributed by atoms with van der Waals surface area (Å²) in [5.74, 6) is -5.60. The van der Waals surface area contributed by atoms with E-state index in [1.165, 1.54) is 12.1 Å². The predicted octanol–water partition coefficient (Wildman–Crippen LogP) is 2.63. The Hall–Kier alpha value is -2.29. The standard InChI is InChI=1S/C12H8F4N2O2S/c13-6-4-8(15)12(9(16)5-6)21(19,20)18-11-7(14)2-1-3-10(11)17/h1-5,18H,17H2. The molecule has 0 heterocycles. The summed E-state index contributed by atoms with van der Waals surface area (Å²) < 4.78 is 78.7. The number of hydrogen-bond acceptors (Lipinski definition) is 3. The zero-order chi connectivity index (χ0) is 15.8. The number of para-hydroxylation sites is 1. The molecule has 2 aromatic carbocycles. The van der Waals surface area contributed by atoms with Gasteiger partial charge in [-0.1, -0.05) is 6.07 Å². The molecule has 0 spiro atoms. The number of anilines is 2. The highest BCUT2D eigenvalue weighted by molar-refractivity contribution is 7.92. The maximum Gasteiger partial charge on any atom is 0.267 e. The fourth-order valence-corrected chi connectivity index (χ4v) is 2.84. The molecule has 0 aromatic heterocycles. The Labute approximate surface area is 117 Å². The molecule has 4 nitrogen and oxygen atoms in total. The Morgan fingerprint density at radius 2 is 1.52 bits per heavy atom. The Bertz CT molecular complexity index is 766. The summed E-state index contributed by atoms with van der Waals surface area (Å²) in [7, 11) is -4.82. The molecule has 0 amide bonds. The number of rotatable bonds is 3. The molecule has 9 heteroatoms. The molecule has 2 aromatic rings. The number of nitrogens with one attached hydrogen (secondary N) is 1. The first-order valence-electron chi connectivity index (χ1n) is 5.43. The molecule has 0 saturated carbocycles. The number of halogens is 4. The Morgan fingerprint density at radius 1 is 0.952 bits per heavy atom. The van der Waals surface area contributed by atoms with E-state index in [9.17, 15) is 26.0 Å². The van der Waals surface area contributed by atoms with Crippen LogP contribution in [0.15, 0.2) is 35.2 Å². The number of sulfonamides is 1. The molecule has 0 saturated heterocycles. The number of nitrogen functional groups attached to an aromatic ring is 1. The van der Waals surface area contributed by atoms with Gasteiger partial charge in [-0.3, -0.25) is 4.72 Å². The Kier molecular flexibility index (Phi) is 3.77. The molecule has 3 N–H and O–H groups in total. The van der Waals surface area contributed by atoms with E-state index in [0.29, 0.717) is 0 Å². The van der Waals surface area contributed by atoms with Crippen LogP contribution in [0.25, 0.3) is 0 Å². The van der Waals surface area contributed by atoms with Crippen LogP contribution in [0.1, 0.15) is 0 Å². The number of benzene rings is 2. The van der Waals surface area contributed by atoms with E-state index in [4.69, 9.17) is 5.73 Å². The van der Waals surface area contributed by atoms with Crippen molar-refractivity contribution in [1.82, 2.24) is 0 Å². The summed E-state index contributed by atoms with van der Waals surface area (Å²) in [5, 5.41) is 0. The SMILES string of the molecule is Nc1cccc(F)c1NS(=O)(=O)c1c(F)cc(F)cc1F. The van der Waals surface area contributed by atoms with Gasteiger partial charge in [0.25, 0.3) is 10.0 Å². The van der Waals surface area contributed by atoms with Gasteiger partial charge < -0.3 is 5.73 Å². The van der Waals surface area contributed by atoms with E-state index in [1.54, 1.807) is 4.72 Å². The van der Waals surface area contributed by atoms with Crippen molar-refractivity contribution in [2.75, 3.05) is 10.5 Å². The van der Waals surface area contributed by atoms with Gasteiger partial charge >= 0.3 is 0 Å². The summed E-state index contributed by atoms with van der Waals surface area (Å²) >= 11 is 0. The lowest BCUT2D eigenvalue weighted by Gasteiger charge is -2.12. The number of nitrogens with two attached hydrogens (primary N) is 1. The van der Waals surface area contributed by atoms with Gasteiger partial charge in [0.1, 0.15) is 29.0 Å². The van der Waals surface area contributed by atoms with Crippen molar-refractivity contribution in [3.05, 3.63) is 53.6 Å². The van der Waals surface area contributed by atoms with Gasteiger partial charge in [-0.2, -0.15) is 0 Å². The largest absolute Gasteiger partial charge is 0.397 e. The van der Waals surface area contributed by atoms with Gasteiger partial charge in [0, 0.05) is 12.1 Å². The molecule has 0 aliphatic carbocycles. The third kappa shape index (κ3) is 2.92. The van der Waals surface area contributed by atoms with Crippen LogP contribution in [-0.4, -0.2) is 8.42 Å². The minimum Gasteiger partial charge on any atom is -0.397 e. The first-order valence-corrected chi connectivity index (χ1v) is 6.92. The van der Waals surface area contributed by atoms with Gasteiger partial charge in [-0.15, -0.1) is 0 Å². The number of hydrogen-bond donors (Lipinski definition) is 2. The molecule has 0 aliphatic heterocycles. The monoisotopic (exact) mass is 320 g/mol. The van der Waals surface area contributed by atoms with Crippen molar-refractivity contribution < 1.29 is 26.0 Å². The van der Waals surface area contributed by atoms with Gasteiger partial charge in [0.2, 0.25) is 0 Å². The van der Waals surface area contributed by atoms with Crippen LogP contribution in [0.5, 0.6) is 0 Å². The van der Waals surface area contributed by atoms with Crippen molar-refractivity contribution in [3.63, 3.8) is 0 Å². The van der Waals surface area contributed by atoms with Crippen LogP contribution in [-0.2, 0) is 10.0 Å². The minimum absolute atomic E-state index is 0.197. The van der Waals surface area contributed by atoms with Gasteiger partial charge in [0.05, 0.1) is 5.69 Å². The van der Waals surface area contributed by atoms with E-state index in [1.807, 2.05) is 0 Å². The lowest BCUT2D eigenvalue weighted by Crippen LogP contribution is -2.18. The van der Waals surface area contributed by atoms with Crippen LogP contribution < -0.4 is 10.5 Å². The summed E-state index contributed by atoms with van der Waals surface area (Å²) in [6.07, 6.45) is 0. The summed E-state index contributed by atoms with van der Waals surface area (Å²) in [5.41, 5.74) is 4.46. The summed E-state index contributed by atoms with van der Waals surface area (Å²) in [6, 6.07) is 3.72. The van der Waals surface area contributed by atoms with E-state index in [-0.39, 0.29) is 17.8 Å². The normalized spacial score (nSPS) is 11.4. The predicted molar refractivity (Wildman–Crippen MR) is 67.9 cm³/mol. The van der Waals surface area contributed by atoms with E-state index >= 15 is 0 Å². The van der Waals surface area contributed by atoms with E-state index in [2.05, 4.69) is 0 Å². The van der Waals surface area contributed by atoms with E-state index in [0.717, 1.165) is 6.07 Å². The Morgan fingerprint density at radius 3 is 2.05 bits per heavy atom. The third-order valence-electron chi connectivity index (χ3n) is 2.51. The summed E-state index contributed by atoms with van der Waals surface area (Å²) in [6.45, 7) is 0. The maximum absolute atomic E-state index is 13.5. The smallest absolute Gasteiger partial charge is 0.267 e. The van der Waals surface area contributed by atoms with Crippen molar-refractivity contribution in [1.29, 1.82) is 0 Å². The van der Waals surface area contributed by atoms with Crippen LogP contribution in [0.3, 0.4) is 0 Å². The molecule has 2 rings (SSSR count). The average Bonchev–Trinajstić information content (AvgIpc) is 2.32. The van der Waals surface area contributed by atoms with Crippen LogP contribution >= 0.6 is 0 Å². The third-order valence-corrected chi connectivity index (χ3v) is 3.91. The van der Waals surface area contributed by atoms with Crippen molar-refractivity contribution in [2.24, 2.45) is 0 Å².